The van der Waals surface area contributed by atoms with Gasteiger partial charge in [-0.15, -0.1) is 0 Å². The van der Waals surface area contributed by atoms with E-state index in [1.54, 1.807) is 32.0 Å². The molecule has 0 atom stereocenters. The Morgan fingerprint density at radius 1 is 1.21 bits per heavy atom. The number of nitrogens with one attached hydrogen (secondary N) is 1. The Bertz CT molecular complexity index is 857. The standard InChI is InChI=1S/C19H28N4O4S/c1-3-18(24)21-15-4-5-17(13(2)10-15)28(26,27)23-11-16(12-23)22-8-6-14(7-9-22)19(20)25/h4-5,10,14,16H,3,6-9,11-12H2,1-2H3,(H2,20,25)(H,21,24). The molecular weight excluding hydrogens is 380 g/mol. The van der Waals surface area contributed by atoms with Crippen LogP contribution >= 0.6 is 0 Å². The number of carbonyl (C=O) groups is 2. The number of aryl methyl sites for hydroxylation is 1. The van der Waals surface area contributed by atoms with Gasteiger partial charge in [0.25, 0.3) is 0 Å². The van der Waals surface area contributed by atoms with Gasteiger partial charge in [-0.2, -0.15) is 4.31 Å². The summed E-state index contributed by atoms with van der Waals surface area (Å²) in [5, 5.41) is 2.74. The molecular formula is C19H28N4O4S. The first kappa shape index (κ1) is 20.8. The van der Waals surface area contributed by atoms with Crippen molar-refractivity contribution in [3.8, 4) is 0 Å². The van der Waals surface area contributed by atoms with Crippen molar-refractivity contribution < 1.29 is 18.0 Å². The lowest BCUT2D eigenvalue weighted by Crippen LogP contribution is -2.62. The Morgan fingerprint density at radius 3 is 2.39 bits per heavy atom. The number of carbonyl (C=O) groups excluding carboxylic acids is 2. The first-order chi connectivity index (χ1) is 13.2. The first-order valence-corrected chi connectivity index (χ1v) is 11.1. The van der Waals surface area contributed by atoms with E-state index in [0.29, 0.717) is 30.8 Å². The summed E-state index contributed by atoms with van der Waals surface area (Å²) < 4.78 is 27.4. The summed E-state index contributed by atoms with van der Waals surface area (Å²) in [6, 6.07) is 5.06. The SMILES string of the molecule is CCC(=O)Nc1ccc(S(=O)(=O)N2CC(N3CCC(C(N)=O)CC3)C2)c(C)c1. The maximum Gasteiger partial charge on any atom is 0.243 e. The van der Waals surface area contributed by atoms with E-state index in [9.17, 15) is 18.0 Å². The number of rotatable bonds is 6. The maximum absolute atomic E-state index is 13.0. The number of sulfonamides is 1. The Balaban J connectivity index is 1.61. The van der Waals surface area contributed by atoms with Gasteiger partial charge in [0, 0.05) is 37.2 Å². The molecule has 0 unspecified atom stereocenters. The third kappa shape index (κ3) is 4.21. The summed E-state index contributed by atoms with van der Waals surface area (Å²) in [6.07, 6.45) is 1.84. The number of hydrogen-bond acceptors (Lipinski definition) is 5. The average molecular weight is 409 g/mol. The van der Waals surface area contributed by atoms with E-state index >= 15 is 0 Å². The molecule has 154 valence electrons. The summed E-state index contributed by atoms with van der Waals surface area (Å²) in [5.41, 5.74) is 6.58. The Hall–Kier alpha value is -1.97. The molecule has 2 fully saturated rings. The number of nitrogens with two attached hydrogens (primary N) is 1. The third-order valence-corrected chi connectivity index (χ3v) is 7.67. The fourth-order valence-electron chi connectivity index (χ4n) is 3.80. The van der Waals surface area contributed by atoms with E-state index in [-0.39, 0.29) is 28.7 Å². The number of primary amides is 1. The Labute approximate surface area is 166 Å². The number of likely N-dealkylation sites (tertiary alicyclic amines) is 1. The van der Waals surface area contributed by atoms with E-state index in [0.717, 1.165) is 25.9 Å². The molecule has 2 saturated heterocycles. The van der Waals surface area contributed by atoms with Gasteiger partial charge in [0.2, 0.25) is 21.8 Å². The van der Waals surface area contributed by atoms with Gasteiger partial charge in [0.1, 0.15) is 0 Å². The fourth-order valence-corrected chi connectivity index (χ4v) is 5.52. The second-order valence-electron chi connectivity index (χ2n) is 7.57. The highest BCUT2D eigenvalue weighted by Crippen LogP contribution is 2.29. The van der Waals surface area contributed by atoms with Crippen LogP contribution in [-0.4, -0.2) is 61.7 Å². The van der Waals surface area contributed by atoms with Gasteiger partial charge in [-0.1, -0.05) is 6.92 Å². The van der Waals surface area contributed by atoms with Crippen LogP contribution in [0.25, 0.3) is 0 Å². The van der Waals surface area contributed by atoms with Crippen LogP contribution in [0, 0.1) is 12.8 Å². The predicted molar refractivity (Wildman–Crippen MR) is 106 cm³/mol. The number of piperidine rings is 1. The van der Waals surface area contributed by atoms with Crippen LogP contribution in [0.15, 0.2) is 23.1 Å². The molecule has 2 amide bonds. The molecule has 8 nitrogen and oxygen atoms in total. The zero-order chi connectivity index (χ0) is 20.5. The number of benzene rings is 1. The van der Waals surface area contributed by atoms with Crippen LogP contribution in [0.5, 0.6) is 0 Å². The first-order valence-electron chi connectivity index (χ1n) is 9.66. The molecule has 3 N–H and O–H groups in total. The molecule has 1 aromatic carbocycles. The fraction of sp³-hybridized carbons (Fsp3) is 0.579. The van der Waals surface area contributed by atoms with Gasteiger partial charge in [0.15, 0.2) is 0 Å². The van der Waals surface area contributed by atoms with Crippen molar-refractivity contribution in [2.45, 2.75) is 44.0 Å². The van der Waals surface area contributed by atoms with Crippen molar-refractivity contribution in [2.24, 2.45) is 11.7 Å². The summed E-state index contributed by atoms with van der Waals surface area (Å²) >= 11 is 0. The van der Waals surface area contributed by atoms with E-state index < -0.39 is 10.0 Å². The largest absolute Gasteiger partial charge is 0.369 e. The maximum atomic E-state index is 13.0. The van der Waals surface area contributed by atoms with Gasteiger partial charge in [-0.25, -0.2) is 8.42 Å². The molecule has 2 aliphatic heterocycles. The van der Waals surface area contributed by atoms with Crippen LogP contribution in [0.3, 0.4) is 0 Å². The molecule has 9 heteroatoms. The molecule has 0 aromatic heterocycles. The van der Waals surface area contributed by atoms with Crippen LogP contribution < -0.4 is 11.1 Å². The van der Waals surface area contributed by atoms with Crippen molar-refractivity contribution in [3.63, 3.8) is 0 Å². The van der Waals surface area contributed by atoms with Gasteiger partial charge in [-0.05, 0) is 56.6 Å². The lowest BCUT2D eigenvalue weighted by atomic mass is 9.94. The lowest BCUT2D eigenvalue weighted by molar-refractivity contribution is -0.123. The van der Waals surface area contributed by atoms with E-state index in [4.69, 9.17) is 5.73 Å². The van der Waals surface area contributed by atoms with E-state index in [1.807, 2.05) is 0 Å². The van der Waals surface area contributed by atoms with Crippen LogP contribution in [0.1, 0.15) is 31.7 Å². The summed E-state index contributed by atoms with van der Waals surface area (Å²) in [4.78, 5) is 25.3. The highest BCUT2D eigenvalue weighted by atomic mass is 32.2. The smallest absolute Gasteiger partial charge is 0.243 e. The average Bonchev–Trinajstić information content (AvgIpc) is 2.60. The van der Waals surface area contributed by atoms with E-state index in [2.05, 4.69) is 10.2 Å². The highest BCUT2D eigenvalue weighted by molar-refractivity contribution is 7.89. The minimum absolute atomic E-state index is 0.0643. The predicted octanol–water partition coefficient (Wildman–Crippen LogP) is 0.914. The van der Waals surface area contributed by atoms with Crippen molar-refractivity contribution >= 4 is 27.5 Å². The van der Waals surface area contributed by atoms with Gasteiger partial charge in [0.05, 0.1) is 4.90 Å². The van der Waals surface area contributed by atoms with Crippen molar-refractivity contribution in [2.75, 3.05) is 31.5 Å². The topological polar surface area (TPSA) is 113 Å². The number of anilines is 1. The van der Waals surface area contributed by atoms with Crippen LogP contribution in [0.2, 0.25) is 0 Å². The van der Waals surface area contributed by atoms with Gasteiger partial charge >= 0.3 is 0 Å². The molecule has 0 radical (unpaired) electrons. The summed E-state index contributed by atoms with van der Waals surface area (Å²) in [6.45, 7) is 5.96. The molecule has 0 aliphatic carbocycles. The molecule has 28 heavy (non-hydrogen) atoms. The highest BCUT2D eigenvalue weighted by Gasteiger charge is 2.41. The minimum atomic E-state index is -3.56. The second kappa shape index (κ2) is 8.18. The van der Waals surface area contributed by atoms with Crippen molar-refractivity contribution in [3.05, 3.63) is 23.8 Å². The summed E-state index contributed by atoms with van der Waals surface area (Å²) in [7, 11) is -3.56. The number of nitrogens with zero attached hydrogens (tertiary/aromatic N) is 2. The molecule has 0 spiro atoms. The summed E-state index contributed by atoms with van der Waals surface area (Å²) in [5.74, 6) is -0.419. The lowest BCUT2D eigenvalue weighted by Gasteiger charge is -2.46. The van der Waals surface area contributed by atoms with E-state index in [1.165, 1.54) is 4.31 Å². The Morgan fingerprint density at radius 2 is 1.86 bits per heavy atom. The van der Waals surface area contributed by atoms with Gasteiger partial charge in [-0.3, -0.25) is 14.5 Å². The second-order valence-corrected chi connectivity index (χ2v) is 9.48. The molecule has 0 saturated carbocycles. The number of amides is 2. The zero-order valence-electron chi connectivity index (χ0n) is 16.3. The van der Waals surface area contributed by atoms with Crippen LogP contribution in [0.4, 0.5) is 5.69 Å². The zero-order valence-corrected chi connectivity index (χ0v) is 17.2. The monoisotopic (exact) mass is 408 g/mol. The molecule has 0 bridgehead atoms. The Kier molecular flexibility index (Phi) is 6.07. The molecule has 3 rings (SSSR count). The van der Waals surface area contributed by atoms with Crippen LogP contribution in [-0.2, 0) is 19.6 Å². The van der Waals surface area contributed by atoms with Gasteiger partial charge < -0.3 is 11.1 Å². The number of hydrogen-bond donors (Lipinski definition) is 2. The molecule has 2 heterocycles. The minimum Gasteiger partial charge on any atom is -0.369 e. The normalized spacial score (nSPS) is 19.9. The molecule has 2 aliphatic rings. The van der Waals surface area contributed by atoms with Crippen molar-refractivity contribution in [1.29, 1.82) is 0 Å². The van der Waals surface area contributed by atoms with Crippen molar-refractivity contribution in [1.82, 2.24) is 9.21 Å². The quantitative estimate of drug-likeness (QED) is 0.727. The third-order valence-electron chi connectivity index (χ3n) is 5.67. The molecule has 1 aromatic rings.